The molecule has 1 aliphatic rings. The number of rotatable bonds is 5. The van der Waals surface area contributed by atoms with Crippen molar-refractivity contribution in [1.29, 1.82) is 0 Å². The van der Waals surface area contributed by atoms with Crippen molar-refractivity contribution < 1.29 is 14.3 Å². The van der Waals surface area contributed by atoms with Crippen molar-refractivity contribution in [2.24, 2.45) is 5.73 Å². The van der Waals surface area contributed by atoms with Gasteiger partial charge in [0, 0.05) is 13.1 Å². The van der Waals surface area contributed by atoms with E-state index in [0.717, 1.165) is 23.5 Å². The molecule has 0 atom stereocenters. The molecule has 1 aromatic rings. The van der Waals surface area contributed by atoms with Gasteiger partial charge in [0.2, 0.25) is 12.7 Å². The number of nitrogens with zero attached hydrogens (tertiary/aromatic N) is 1. The minimum atomic E-state index is -0.0329. The van der Waals surface area contributed by atoms with Gasteiger partial charge in [-0.25, -0.2) is 0 Å². The lowest BCUT2D eigenvalue weighted by atomic mass is 10.2. The second-order valence-electron chi connectivity index (χ2n) is 4.21. The minimum Gasteiger partial charge on any atom is -0.454 e. The zero-order chi connectivity index (χ0) is 13.0. The molecule has 1 heterocycles. The lowest BCUT2D eigenvalue weighted by Gasteiger charge is -2.21. The molecule has 2 rings (SSSR count). The number of carbonyl (C=O) groups is 1. The van der Waals surface area contributed by atoms with Crippen LogP contribution in [-0.2, 0) is 11.3 Å². The molecule has 98 valence electrons. The number of carbonyl (C=O) groups excluding carboxylic acids is 1. The molecule has 1 amide bonds. The Morgan fingerprint density at radius 1 is 1.39 bits per heavy atom. The predicted molar refractivity (Wildman–Crippen MR) is 67.3 cm³/mol. The molecule has 0 radical (unpaired) electrons. The molecule has 0 aliphatic carbocycles. The van der Waals surface area contributed by atoms with Gasteiger partial charge in [0.05, 0.1) is 6.54 Å². The molecule has 0 fully saturated rings. The average Bonchev–Trinajstić information content (AvgIpc) is 2.84. The third-order valence-corrected chi connectivity index (χ3v) is 2.83. The van der Waals surface area contributed by atoms with Gasteiger partial charge < -0.3 is 20.1 Å². The van der Waals surface area contributed by atoms with E-state index in [1.807, 2.05) is 25.1 Å². The highest BCUT2D eigenvalue weighted by atomic mass is 16.7. The van der Waals surface area contributed by atoms with E-state index in [1.54, 1.807) is 4.90 Å². The monoisotopic (exact) mass is 250 g/mol. The topological polar surface area (TPSA) is 64.8 Å². The zero-order valence-electron chi connectivity index (χ0n) is 10.5. The smallest absolute Gasteiger partial charge is 0.236 e. The summed E-state index contributed by atoms with van der Waals surface area (Å²) in [5.41, 5.74) is 6.43. The van der Waals surface area contributed by atoms with Gasteiger partial charge in [-0.15, -0.1) is 0 Å². The van der Waals surface area contributed by atoms with E-state index in [1.165, 1.54) is 0 Å². The van der Waals surface area contributed by atoms with Gasteiger partial charge >= 0.3 is 0 Å². The quantitative estimate of drug-likeness (QED) is 0.850. The van der Waals surface area contributed by atoms with Crippen molar-refractivity contribution >= 4 is 5.91 Å². The normalized spacial score (nSPS) is 12.6. The van der Waals surface area contributed by atoms with Crippen LogP contribution < -0.4 is 15.2 Å². The number of fused-ring (bicyclic) bond motifs is 1. The first-order valence-electron chi connectivity index (χ1n) is 6.11. The first kappa shape index (κ1) is 12.7. The van der Waals surface area contributed by atoms with E-state index in [2.05, 4.69) is 0 Å². The largest absolute Gasteiger partial charge is 0.454 e. The molecule has 0 spiro atoms. The molecule has 2 N–H and O–H groups in total. The number of ether oxygens (including phenoxy) is 2. The summed E-state index contributed by atoms with van der Waals surface area (Å²) in [7, 11) is 0. The van der Waals surface area contributed by atoms with Gasteiger partial charge in [-0.05, 0) is 24.1 Å². The number of amides is 1. The SMILES string of the molecule is CCCN(Cc1ccc2c(c1)OCO2)C(=O)CN. The Morgan fingerprint density at radius 3 is 2.89 bits per heavy atom. The van der Waals surface area contributed by atoms with E-state index in [4.69, 9.17) is 15.2 Å². The van der Waals surface area contributed by atoms with Crippen LogP contribution in [0.15, 0.2) is 18.2 Å². The maximum atomic E-state index is 11.7. The van der Waals surface area contributed by atoms with Crippen LogP contribution in [0.3, 0.4) is 0 Å². The van der Waals surface area contributed by atoms with E-state index in [-0.39, 0.29) is 19.2 Å². The summed E-state index contributed by atoms with van der Waals surface area (Å²) in [4.78, 5) is 13.4. The van der Waals surface area contributed by atoms with Crippen LogP contribution in [0.4, 0.5) is 0 Å². The van der Waals surface area contributed by atoms with E-state index in [9.17, 15) is 4.79 Å². The third-order valence-electron chi connectivity index (χ3n) is 2.83. The van der Waals surface area contributed by atoms with E-state index >= 15 is 0 Å². The standard InChI is InChI=1S/C13H18N2O3/c1-2-5-15(13(16)7-14)8-10-3-4-11-12(6-10)18-9-17-11/h3-4,6H,2,5,7-9,14H2,1H3. The van der Waals surface area contributed by atoms with Crippen molar-refractivity contribution in [2.75, 3.05) is 19.9 Å². The van der Waals surface area contributed by atoms with Crippen LogP contribution in [0, 0.1) is 0 Å². The third kappa shape index (κ3) is 2.73. The Morgan fingerprint density at radius 2 is 2.17 bits per heavy atom. The lowest BCUT2D eigenvalue weighted by molar-refractivity contribution is -0.130. The summed E-state index contributed by atoms with van der Waals surface area (Å²) in [5.74, 6) is 1.46. The van der Waals surface area contributed by atoms with E-state index < -0.39 is 0 Å². The Kier molecular flexibility index (Phi) is 4.04. The van der Waals surface area contributed by atoms with Gasteiger partial charge in [0.25, 0.3) is 0 Å². The highest BCUT2D eigenvalue weighted by Gasteiger charge is 2.16. The molecule has 0 aromatic heterocycles. The number of hydrogen-bond donors (Lipinski definition) is 1. The fraction of sp³-hybridized carbons (Fsp3) is 0.462. The van der Waals surface area contributed by atoms with Crippen molar-refractivity contribution in [1.82, 2.24) is 4.90 Å². The average molecular weight is 250 g/mol. The van der Waals surface area contributed by atoms with Gasteiger partial charge in [0.1, 0.15) is 0 Å². The van der Waals surface area contributed by atoms with E-state index in [0.29, 0.717) is 13.1 Å². The first-order chi connectivity index (χ1) is 8.74. The van der Waals surface area contributed by atoms with Crippen molar-refractivity contribution in [2.45, 2.75) is 19.9 Å². The van der Waals surface area contributed by atoms with Crippen LogP contribution in [0.25, 0.3) is 0 Å². The summed E-state index contributed by atoms with van der Waals surface area (Å²) in [6.45, 7) is 3.62. The van der Waals surface area contributed by atoms with Crippen LogP contribution in [0.5, 0.6) is 11.5 Å². The Balaban J connectivity index is 2.09. The van der Waals surface area contributed by atoms with Crippen LogP contribution in [0.1, 0.15) is 18.9 Å². The maximum absolute atomic E-state index is 11.7. The van der Waals surface area contributed by atoms with Crippen LogP contribution in [-0.4, -0.2) is 30.7 Å². The molecule has 0 saturated carbocycles. The summed E-state index contributed by atoms with van der Waals surface area (Å²) >= 11 is 0. The fourth-order valence-corrected chi connectivity index (χ4v) is 1.95. The second kappa shape index (κ2) is 5.73. The molecular weight excluding hydrogens is 232 g/mol. The number of benzene rings is 1. The molecule has 1 aromatic carbocycles. The van der Waals surface area contributed by atoms with Crippen molar-refractivity contribution in [3.8, 4) is 11.5 Å². The van der Waals surface area contributed by atoms with Crippen LogP contribution in [0.2, 0.25) is 0 Å². The predicted octanol–water partition coefficient (Wildman–Crippen LogP) is 1.11. The van der Waals surface area contributed by atoms with Gasteiger partial charge in [-0.2, -0.15) is 0 Å². The Hall–Kier alpha value is -1.75. The van der Waals surface area contributed by atoms with Crippen LogP contribution >= 0.6 is 0 Å². The second-order valence-corrected chi connectivity index (χ2v) is 4.21. The zero-order valence-corrected chi connectivity index (χ0v) is 10.5. The minimum absolute atomic E-state index is 0.0329. The molecule has 18 heavy (non-hydrogen) atoms. The van der Waals surface area contributed by atoms with Gasteiger partial charge in [0.15, 0.2) is 11.5 Å². The molecule has 5 nitrogen and oxygen atoms in total. The lowest BCUT2D eigenvalue weighted by Crippen LogP contribution is -2.36. The molecule has 0 unspecified atom stereocenters. The number of hydrogen-bond acceptors (Lipinski definition) is 4. The molecule has 0 bridgehead atoms. The summed E-state index contributed by atoms with van der Waals surface area (Å²) in [6, 6.07) is 5.73. The summed E-state index contributed by atoms with van der Waals surface area (Å²) < 4.78 is 10.6. The highest BCUT2D eigenvalue weighted by molar-refractivity contribution is 5.78. The van der Waals surface area contributed by atoms with Gasteiger partial charge in [-0.1, -0.05) is 13.0 Å². The molecular formula is C13H18N2O3. The van der Waals surface area contributed by atoms with Crippen molar-refractivity contribution in [3.63, 3.8) is 0 Å². The van der Waals surface area contributed by atoms with Gasteiger partial charge in [-0.3, -0.25) is 4.79 Å². The molecule has 5 heteroatoms. The fourth-order valence-electron chi connectivity index (χ4n) is 1.95. The first-order valence-corrected chi connectivity index (χ1v) is 6.11. The summed E-state index contributed by atoms with van der Waals surface area (Å²) in [5, 5.41) is 0. The molecule has 1 aliphatic heterocycles. The number of nitrogens with two attached hydrogens (primary N) is 1. The molecule has 0 saturated heterocycles. The Labute approximate surface area is 106 Å². The maximum Gasteiger partial charge on any atom is 0.236 e. The van der Waals surface area contributed by atoms with Crippen molar-refractivity contribution in [3.05, 3.63) is 23.8 Å². The highest BCUT2D eigenvalue weighted by Crippen LogP contribution is 2.32. The summed E-state index contributed by atoms with van der Waals surface area (Å²) in [6.07, 6.45) is 0.913. The Bertz CT molecular complexity index is 434.